The largest absolute Gasteiger partial charge is 0.363 e. The molecule has 2 aliphatic rings. The average molecular weight is 322 g/mol. The summed E-state index contributed by atoms with van der Waals surface area (Å²) in [5, 5.41) is 11.2. The number of benzene rings is 1. The molecule has 1 aromatic carbocycles. The number of hydrogen-bond donors (Lipinski definition) is 0. The van der Waals surface area contributed by atoms with Gasteiger partial charge in [0.1, 0.15) is 11.5 Å². The summed E-state index contributed by atoms with van der Waals surface area (Å²) < 4.78 is 13.3. The number of likely N-dealkylation sites (N-methyl/N-ethyl adjacent to an activating group) is 1. The van der Waals surface area contributed by atoms with Gasteiger partial charge in [0.15, 0.2) is 0 Å². The van der Waals surface area contributed by atoms with Gasteiger partial charge in [0.25, 0.3) is 5.69 Å². The lowest BCUT2D eigenvalue weighted by molar-refractivity contribution is -0.384. The topological polar surface area (TPSA) is 52.9 Å². The number of halogens is 1. The van der Waals surface area contributed by atoms with E-state index < -0.39 is 10.7 Å². The van der Waals surface area contributed by atoms with Gasteiger partial charge in [-0.2, -0.15) is 0 Å². The van der Waals surface area contributed by atoms with Gasteiger partial charge >= 0.3 is 0 Å². The summed E-state index contributed by atoms with van der Waals surface area (Å²) in [6.07, 6.45) is 2.45. The predicted octanol–water partition coefficient (Wildman–Crippen LogP) is 1.95. The van der Waals surface area contributed by atoms with Crippen molar-refractivity contribution in [2.75, 3.05) is 51.2 Å². The molecule has 23 heavy (non-hydrogen) atoms. The van der Waals surface area contributed by atoms with Crippen LogP contribution in [-0.4, -0.2) is 67.1 Å². The molecule has 0 saturated carbocycles. The molecule has 0 N–H and O–H groups in total. The number of nitro groups is 1. The summed E-state index contributed by atoms with van der Waals surface area (Å²) in [5.74, 6) is -0.565. The van der Waals surface area contributed by atoms with Crippen LogP contribution in [0.25, 0.3) is 0 Å². The number of rotatable bonds is 3. The molecule has 2 saturated heterocycles. The van der Waals surface area contributed by atoms with Crippen molar-refractivity contribution >= 4 is 11.4 Å². The first kappa shape index (κ1) is 16.1. The van der Waals surface area contributed by atoms with E-state index in [1.54, 1.807) is 0 Å². The van der Waals surface area contributed by atoms with Crippen LogP contribution in [0.1, 0.15) is 12.8 Å². The SMILES string of the molecule is CN1CCCC(N2CCN(c3ccc(F)cc3[N+](=O)[O-])CC2)C1. The maximum Gasteiger partial charge on any atom is 0.295 e. The molecule has 2 aliphatic heterocycles. The molecule has 126 valence electrons. The van der Waals surface area contributed by atoms with E-state index in [-0.39, 0.29) is 5.69 Å². The van der Waals surface area contributed by atoms with Gasteiger partial charge in [-0.1, -0.05) is 0 Å². The zero-order chi connectivity index (χ0) is 16.4. The van der Waals surface area contributed by atoms with Crippen molar-refractivity contribution in [3.8, 4) is 0 Å². The van der Waals surface area contributed by atoms with Crippen LogP contribution in [0.2, 0.25) is 0 Å². The second kappa shape index (κ2) is 6.80. The number of hydrogen-bond acceptors (Lipinski definition) is 5. The number of likely N-dealkylation sites (tertiary alicyclic amines) is 1. The van der Waals surface area contributed by atoms with Crippen LogP contribution < -0.4 is 4.90 Å². The highest BCUT2D eigenvalue weighted by atomic mass is 19.1. The normalized spacial score (nSPS) is 23.9. The van der Waals surface area contributed by atoms with Gasteiger partial charge in [0, 0.05) is 38.8 Å². The fourth-order valence-electron chi connectivity index (χ4n) is 3.68. The lowest BCUT2D eigenvalue weighted by Gasteiger charge is -2.43. The number of anilines is 1. The Morgan fingerprint density at radius 3 is 2.61 bits per heavy atom. The molecule has 0 aromatic heterocycles. The smallest absolute Gasteiger partial charge is 0.295 e. The summed E-state index contributed by atoms with van der Waals surface area (Å²) in [7, 11) is 2.16. The van der Waals surface area contributed by atoms with E-state index >= 15 is 0 Å². The minimum Gasteiger partial charge on any atom is -0.363 e. The highest BCUT2D eigenvalue weighted by Gasteiger charge is 2.29. The fourth-order valence-corrected chi connectivity index (χ4v) is 3.68. The second-order valence-corrected chi connectivity index (χ2v) is 6.47. The van der Waals surface area contributed by atoms with E-state index in [2.05, 4.69) is 16.8 Å². The Labute approximate surface area is 135 Å². The summed E-state index contributed by atoms with van der Waals surface area (Å²) in [6, 6.07) is 4.42. The minimum absolute atomic E-state index is 0.143. The third-order valence-corrected chi connectivity index (χ3v) is 4.91. The van der Waals surface area contributed by atoms with Gasteiger partial charge in [-0.3, -0.25) is 15.0 Å². The number of nitro benzene ring substituents is 1. The molecule has 3 rings (SSSR count). The zero-order valence-corrected chi connectivity index (χ0v) is 13.4. The molecule has 2 heterocycles. The Kier molecular flexibility index (Phi) is 4.77. The molecule has 0 aliphatic carbocycles. The molecule has 2 fully saturated rings. The number of nitrogens with zero attached hydrogens (tertiary/aromatic N) is 4. The second-order valence-electron chi connectivity index (χ2n) is 6.47. The van der Waals surface area contributed by atoms with Crippen molar-refractivity contribution in [1.29, 1.82) is 0 Å². The first-order chi connectivity index (χ1) is 11.0. The van der Waals surface area contributed by atoms with Crippen LogP contribution >= 0.6 is 0 Å². The first-order valence-corrected chi connectivity index (χ1v) is 8.16. The quantitative estimate of drug-likeness (QED) is 0.629. The molecule has 1 unspecified atom stereocenters. The average Bonchev–Trinajstić information content (AvgIpc) is 2.55. The molecular formula is C16H23FN4O2. The monoisotopic (exact) mass is 322 g/mol. The Morgan fingerprint density at radius 2 is 1.96 bits per heavy atom. The van der Waals surface area contributed by atoms with Crippen LogP contribution in [0, 0.1) is 15.9 Å². The lowest BCUT2D eigenvalue weighted by atomic mass is 10.0. The highest BCUT2D eigenvalue weighted by molar-refractivity contribution is 5.63. The Balaban J connectivity index is 1.66. The third kappa shape index (κ3) is 3.61. The van der Waals surface area contributed by atoms with Gasteiger partial charge in [0.2, 0.25) is 0 Å². The van der Waals surface area contributed by atoms with Crippen molar-refractivity contribution in [3.05, 3.63) is 34.1 Å². The van der Waals surface area contributed by atoms with Gasteiger partial charge in [0.05, 0.1) is 11.0 Å². The van der Waals surface area contributed by atoms with Crippen molar-refractivity contribution in [2.45, 2.75) is 18.9 Å². The first-order valence-electron chi connectivity index (χ1n) is 8.16. The summed E-state index contributed by atoms with van der Waals surface area (Å²) in [5.41, 5.74) is 0.382. The van der Waals surface area contributed by atoms with Gasteiger partial charge < -0.3 is 9.80 Å². The van der Waals surface area contributed by atoms with Crippen molar-refractivity contribution < 1.29 is 9.31 Å². The molecule has 0 spiro atoms. The van der Waals surface area contributed by atoms with Crippen molar-refractivity contribution in [1.82, 2.24) is 9.80 Å². The van der Waals surface area contributed by atoms with E-state index in [1.807, 2.05) is 4.90 Å². The molecule has 6 nitrogen and oxygen atoms in total. The number of piperidine rings is 1. The minimum atomic E-state index is -0.565. The van der Waals surface area contributed by atoms with Crippen LogP contribution in [0.3, 0.4) is 0 Å². The van der Waals surface area contributed by atoms with E-state index in [4.69, 9.17) is 0 Å². The standard InChI is InChI=1S/C16H23FN4O2/c1-18-6-2-3-14(12-18)19-7-9-20(10-8-19)15-5-4-13(17)11-16(15)21(22)23/h4-5,11,14H,2-3,6-10,12H2,1H3. The van der Waals surface area contributed by atoms with Gasteiger partial charge in [-0.25, -0.2) is 4.39 Å². The molecule has 1 aromatic rings. The van der Waals surface area contributed by atoms with E-state index in [1.165, 1.54) is 25.0 Å². The van der Waals surface area contributed by atoms with Crippen LogP contribution in [0.15, 0.2) is 18.2 Å². The lowest BCUT2D eigenvalue weighted by Crippen LogP contribution is -2.54. The zero-order valence-electron chi connectivity index (χ0n) is 13.4. The highest BCUT2D eigenvalue weighted by Crippen LogP contribution is 2.30. The van der Waals surface area contributed by atoms with Crippen molar-refractivity contribution in [2.24, 2.45) is 0 Å². The molecule has 7 heteroatoms. The Hall–Kier alpha value is -1.73. The van der Waals surface area contributed by atoms with E-state index in [9.17, 15) is 14.5 Å². The third-order valence-electron chi connectivity index (χ3n) is 4.91. The molecule has 0 bridgehead atoms. The summed E-state index contributed by atoms with van der Waals surface area (Å²) >= 11 is 0. The maximum absolute atomic E-state index is 13.3. The Morgan fingerprint density at radius 1 is 1.22 bits per heavy atom. The van der Waals surface area contributed by atoms with Gasteiger partial charge in [-0.05, 0) is 38.6 Å². The summed E-state index contributed by atoms with van der Waals surface area (Å²) in [6.45, 7) is 5.54. The van der Waals surface area contributed by atoms with E-state index in [0.717, 1.165) is 45.3 Å². The maximum atomic E-state index is 13.3. The number of piperazine rings is 1. The van der Waals surface area contributed by atoms with Gasteiger partial charge in [-0.15, -0.1) is 0 Å². The predicted molar refractivity (Wildman–Crippen MR) is 87.4 cm³/mol. The molecule has 0 amide bonds. The van der Waals surface area contributed by atoms with E-state index in [0.29, 0.717) is 11.7 Å². The van der Waals surface area contributed by atoms with Crippen molar-refractivity contribution in [3.63, 3.8) is 0 Å². The van der Waals surface area contributed by atoms with Crippen LogP contribution in [0.4, 0.5) is 15.8 Å². The van der Waals surface area contributed by atoms with Crippen LogP contribution in [0.5, 0.6) is 0 Å². The van der Waals surface area contributed by atoms with Crippen LogP contribution in [-0.2, 0) is 0 Å². The molecular weight excluding hydrogens is 299 g/mol. The Bertz CT molecular complexity index is 575. The summed E-state index contributed by atoms with van der Waals surface area (Å²) in [4.78, 5) is 17.5. The molecule has 1 atom stereocenters. The molecule has 0 radical (unpaired) electrons. The fraction of sp³-hybridized carbons (Fsp3) is 0.625.